The topological polar surface area (TPSA) is 69.3 Å². The quantitative estimate of drug-likeness (QED) is 0.274. The standard InChI is InChI=1S/C26H36N4O2S2/c1-6-8-9-10-11-30-25(32)22(34-26(30)33)13-20-19(5)21(14-27)24(31)29(7-2)23(20)28-15-17(3)12-18(4)16-28/h13,17-18H,6-12,15-16H2,1-5H3/b22-13-. The Hall–Kier alpha value is -2.11. The molecule has 1 aromatic heterocycles. The summed E-state index contributed by atoms with van der Waals surface area (Å²) in [7, 11) is 0. The first kappa shape index (κ1) is 26.5. The lowest BCUT2D eigenvalue weighted by atomic mass is 9.91. The molecule has 0 N–H and O–H groups in total. The van der Waals surface area contributed by atoms with Gasteiger partial charge in [0.15, 0.2) is 0 Å². The molecule has 0 aliphatic carbocycles. The molecule has 2 aliphatic rings. The smallest absolute Gasteiger partial charge is 0.270 e. The second-order valence-corrected chi connectivity index (χ2v) is 11.3. The summed E-state index contributed by atoms with van der Waals surface area (Å²) < 4.78 is 2.28. The number of nitrogens with zero attached hydrogens (tertiary/aromatic N) is 4. The molecule has 8 heteroatoms. The van der Waals surface area contributed by atoms with Crippen molar-refractivity contribution >= 4 is 46.1 Å². The van der Waals surface area contributed by atoms with E-state index < -0.39 is 0 Å². The van der Waals surface area contributed by atoms with Gasteiger partial charge in [0.05, 0.1) is 4.91 Å². The number of rotatable bonds is 8. The van der Waals surface area contributed by atoms with Crippen LogP contribution in [0.4, 0.5) is 5.82 Å². The average Bonchev–Trinajstić information content (AvgIpc) is 3.05. The van der Waals surface area contributed by atoms with Crippen molar-refractivity contribution < 1.29 is 4.79 Å². The zero-order valence-electron chi connectivity index (χ0n) is 21.0. The van der Waals surface area contributed by atoms with Gasteiger partial charge in [0.25, 0.3) is 11.5 Å². The third kappa shape index (κ3) is 5.41. The molecular formula is C26H36N4O2S2. The van der Waals surface area contributed by atoms with E-state index in [1.807, 2.05) is 19.9 Å². The first-order valence-corrected chi connectivity index (χ1v) is 13.6. The molecule has 184 valence electrons. The number of thioether (sulfide) groups is 1. The number of hydrogen-bond acceptors (Lipinski definition) is 6. The average molecular weight is 501 g/mol. The van der Waals surface area contributed by atoms with Crippen molar-refractivity contribution in [3.8, 4) is 6.07 Å². The van der Waals surface area contributed by atoms with Gasteiger partial charge in [-0.05, 0) is 50.2 Å². The van der Waals surface area contributed by atoms with E-state index >= 15 is 0 Å². The molecule has 0 bridgehead atoms. The van der Waals surface area contributed by atoms with Crippen molar-refractivity contribution in [2.24, 2.45) is 11.8 Å². The largest absolute Gasteiger partial charge is 0.357 e. The Kier molecular flexibility index (Phi) is 9.00. The predicted octanol–water partition coefficient (Wildman–Crippen LogP) is 5.31. The number of aromatic nitrogens is 1. The molecule has 2 atom stereocenters. The van der Waals surface area contributed by atoms with E-state index in [1.54, 1.807) is 9.47 Å². The van der Waals surface area contributed by atoms with Crippen LogP contribution in [0.25, 0.3) is 6.08 Å². The summed E-state index contributed by atoms with van der Waals surface area (Å²) in [6, 6.07) is 2.11. The van der Waals surface area contributed by atoms with E-state index in [2.05, 4.69) is 31.7 Å². The molecule has 6 nitrogen and oxygen atoms in total. The minimum absolute atomic E-state index is 0.0787. The molecule has 0 radical (unpaired) electrons. The van der Waals surface area contributed by atoms with Crippen LogP contribution in [0.3, 0.4) is 0 Å². The van der Waals surface area contributed by atoms with Crippen LogP contribution in [0.15, 0.2) is 9.70 Å². The Balaban J connectivity index is 2.09. The van der Waals surface area contributed by atoms with Crippen molar-refractivity contribution in [3.05, 3.63) is 31.9 Å². The summed E-state index contributed by atoms with van der Waals surface area (Å²) in [5.41, 5.74) is 1.30. The normalized spacial score (nSPS) is 22.1. The zero-order chi connectivity index (χ0) is 25.0. The second kappa shape index (κ2) is 11.5. The maximum absolute atomic E-state index is 13.3. The lowest BCUT2D eigenvalue weighted by Crippen LogP contribution is -2.42. The van der Waals surface area contributed by atoms with Crippen LogP contribution in [0.2, 0.25) is 0 Å². The van der Waals surface area contributed by atoms with Crippen molar-refractivity contribution in [2.45, 2.75) is 73.3 Å². The molecule has 0 aromatic carbocycles. The molecule has 0 spiro atoms. The van der Waals surface area contributed by atoms with Gasteiger partial charge in [-0.25, -0.2) is 0 Å². The fourth-order valence-corrected chi connectivity index (χ4v) is 6.42. The molecule has 2 saturated heterocycles. The predicted molar refractivity (Wildman–Crippen MR) is 145 cm³/mol. The molecule has 3 heterocycles. The van der Waals surface area contributed by atoms with E-state index in [0.29, 0.717) is 39.7 Å². The van der Waals surface area contributed by atoms with Crippen molar-refractivity contribution in [3.63, 3.8) is 0 Å². The maximum atomic E-state index is 13.3. The Morgan fingerprint density at radius 2 is 1.82 bits per heavy atom. The highest BCUT2D eigenvalue weighted by Gasteiger charge is 2.33. The van der Waals surface area contributed by atoms with E-state index in [9.17, 15) is 14.9 Å². The Bertz CT molecular complexity index is 1080. The fraction of sp³-hybridized carbons (Fsp3) is 0.615. The molecule has 1 aromatic rings. The number of unbranched alkanes of at least 4 members (excludes halogenated alkanes) is 3. The summed E-state index contributed by atoms with van der Waals surface area (Å²) >= 11 is 6.85. The first-order valence-electron chi connectivity index (χ1n) is 12.4. The van der Waals surface area contributed by atoms with Gasteiger partial charge >= 0.3 is 0 Å². The van der Waals surface area contributed by atoms with Gasteiger partial charge in [-0.2, -0.15) is 5.26 Å². The summed E-state index contributed by atoms with van der Waals surface area (Å²) in [5, 5.41) is 9.77. The van der Waals surface area contributed by atoms with E-state index in [0.717, 1.165) is 56.6 Å². The molecule has 3 rings (SSSR count). The number of piperidine rings is 1. The van der Waals surface area contributed by atoms with E-state index in [4.69, 9.17) is 12.2 Å². The van der Waals surface area contributed by atoms with Gasteiger partial charge in [-0.1, -0.05) is 64.0 Å². The molecular weight excluding hydrogens is 464 g/mol. The van der Waals surface area contributed by atoms with Gasteiger partial charge in [-0.15, -0.1) is 0 Å². The molecule has 1 amide bonds. The monoisotopic (exact) mass is 500 g/mol. The summed E-state index contributed by atoms with van der Waals surface area (Å²) in [6.45, 7) is 13.2. The summed E-state index contributed by atoms with van der Waals surface area (Å²) in [6.07, 6.45) is 7.31. The number of nitriles is 1. The van der Waals surface area contributed by atoms with Gasteiger partial charge in [0, 0.05) is 31.7 Å². The van der Waals surface area contributed by atoms with Crippen molar-refractivity contribution in [2.75, 3.05) is 24.5 Å². The summed E-state index contributed by atoms with van der Waals surface area (Å²) in [5.74, 6) is 1.73. The highest BCUT2D eigenvalue weighted by molar-refractivity contribution is 8.26. The zero-order valence-corrected chi connectivity index (χ0v) is 22.7. The fourth-order valence-electron chi connectivity index (χ4n) is 5.13. The molecule has 34 heavy (non-hydrogen) atoms. The third-order valence-electron chi connectivity index (χ3n) is 6.72. The Labute approximate surface area is 213 Å². The highest BCUT2D eigenvalue weighted by Crippen LogP contribution is 2.37. The maximum Gasteiger partial charge on any atom is 0.270 e. The minimum Gasteiger partial charge on any atom is -0.357 e. The number of anilines is 1. The molecule has 2 unspecified atom stereocenters. The first-order chi connectivity index (χ1) is 16.2. The van der Waals surface area contributed by atoms with Crippen LogP contribution < -0.4 is 10.5 Å². The highest BCUT2D eigenvalue weighted by atomic mass is 32.2. The SMILES string of the molecule is CCCCCCN1C(=O)/C(=C/c2c(C)c(C#N)c(=O)n(CC)c2N2CC(C)CC(C)C2)SC1=S. The van der Waals surface area contributed by atoms with Crippen LogP contribution >= 0.6 is 24.0 Å². The molecule has 0 saturated carbocycles. The Morgan fingerprint density at radius 1 is 1.15 bits per heavy atom. The van der Waals surface area contributed by atoms with Crippen LogP contribution in [-0.2, 0) is 11.3 Å². The van der Waals surface area contributed by atoms with Gasteiger partial charge < -0.3 is 4.90 Å². The lowest BCUT2D eigenvalue weighted by molar-refractivity contribution is -0.122. The van der Waals surface area contributed by atoms with E-state index in [1.165, 1.54) is 11.8 Å². The Morgan fingerprint density at radius 3 is 2.41 bits per heavy atom. The van der Waals surface area contributed by atoms with Gasteiger partial charge in [0.1, 0.15) is 21.8 Å². The molecule has 2 aliphatic heterocycles. The number of pyridine rings is 1. The van der Waals surface area contributed by atoms with E-state index in [-0.39, 0.29) is 17.0 Å². The number of carbonyl (C=O) groups is 1. The van der Waals surface area contributed by atoms with Crippen LogP contribution in [0.1, 0.15) is 76.5 Å². The van der Waals surface area contributed by atoms with Gasteiger partial charge in [-0.3, -0.25) is 19.1 Å². The second-order valence-electron chi connectivity index (χ2n) is 9.64. The van der Waals surface area contributed by atoms with Crippen molar-refractivity contribution in [1.82, 2.24) is 9.47 Å². The lowest BCUT2D eigenvalue weighted by Gasteiger charge is -2.38. The number of thiocarbonyl (C=S) groups is 1. The number of hydrogen-bond donors (Lipinski definition) is 0. The third-order valence-corrected chi connectivity index (χ3v) is 8.09. The number of carbonyl (C=O) groups excluding carboxylic acids is 1. The van der Waals surface area contributed by atoms with Crippen LogP contribution in [-0.4, -0.2) is 39.3 Å². The van der Waals surface area contributed by atoms with Gasteiger partial charge in [0.2, 0.25) is 0 Å². The molecule has 2 fully saturated rings. The van der Waals surface area contributed by atoms with Crippen LogP contribution in [0.5, 0.6) is 0 Å². The van der Waals surface area contributed by atoms with Crippen molar-refractivity contribution in [1.29, 1.82) is 5.26 Å². The minimum atomic E-state index is -0.260. The summed E-state index contributed by atoms with van der Waals surface area (Å²) in [4.78, 5) is 31.0. The number of amides is 1. The van der Waals surface area contributed by atoms with Crippen LogP contribution in [0, 0.1) is 30.1 Å².